The Balaban J connectivity index is 2.15. The van der Waals surface area contributed by atoms with Gasteiger partial charge in [-0.2, -0.15) is 9.61 Å². The first kappa shape index (κ1) is 15.1. The molecule has 0 saturated carbocycles. The Bertz CT molecular complexity index is 907. The van der Waals surface area contributed by atoms with E-state index in [1.807, 2.05) is 25.1 Å². The van der Waals surface area contributed by atoms with Gasteiger partial charge >= 0.3 is 5.97 Å². The van der Waals surface area contributed by atoms with Crippen LogP contribution in [-0.4, -0.2) is 32.8 Å². The van der Waals surface area contributed by atoms with E-state index in [0.717, 1.165) is 11.3 Å². The van der Waals surface area contributed by atoms with Crippen molar-refractivity contribution in [1.29, 1.82) is 0 Å². The summed E-state index contributed by atoms with van der Waals surface area (Å²) in [4.78, 5) is 15.2. The van der Waals surface area contributed by atoms with Crippen LogP contribution in [0.25, 0.3) is 5.65 Å². The van der Waals surface area contributed by atoms with E-state index in [4.69, 9.17) is 21.4 Å². The van der Waals surface area contributed by atoms with Crippen molar-refractivity contribution < 1.29 is 14.6 Å². The van der Waals surface area contributed by atoms with Crippen molar-refractivity contribution in [2.24, 2.45) is 0 Å². The van der Waals surface area contributed by atoms with Crippen molar-refractivity contribution in [3.05, 3.63) is 46.7 Å². The average Bonchev–Trinajstić information content (AvgIpc) is 2.93. The largest absolute Gasteiger partial charge is 0.495 e. The minimum absolute atomic E-state index is 0.112. The molecule has 118 valence electrons. The summed E-state index contributed by atoms with van der Waals surface area (Å²) in [7, 11) is 1.57. The minimum Gasteiger partial charge on any atom is -0.495 e. The molecule has 0 spiro atoms. The van der Waals surface area contributed by atoms with E-state index >= 15 is 0 Å². The van der Waals surface area contributed by atoms with E-state index < -0.39 is 5.97 Å². The Hall–Kier alpha value is -2.80. The lowest BCUT2D eigenvalue weighted by molar-refractivity contribution is 0.0690. The molecule has 0 saturated heterocycles. The first-order valence-electron chi connectivity index (χ1n) is 6.70. The molecule has 1 aromatic carbocycles. The number of benzene rings is 1. The number of carboxylic acid groups (broad SMARTS) is 1. The van der Waals surface area contributed by atoms with E-state index in [0.29, 0.717) is 17.2 Å². The van der Waals surface area contributed by atoms with Crippen molar-refractivity contribution in [1.82, 2.24) is 14.6 Å². The van der Waals surface area contributed by atoms with Crippen molar-refractivity contribution in [3.63, 3.8) is 0 Å². The molecule has 23 heavy (non-hydrogen) atoms. The summed E-state index contributed by atoms with van der Waals surface area (Å²) in [6.45, 7) is 1.93. The van der Waals surface area contributed by atoms with E-state index in [-0.39, 0.29) is 10.8 Å². The molecule has 8 heteroatoms. The van der Waals surface area contributed by atoms with Gasteiger partial charge in [0.2, 0.25) is 0 Å². The maximum Gasteiger partial charge on any atom is 0.356 e. The number of carboxylic acids is 1. The highest BCUT2D eigenvalue weighted by atomic mass is 35.5. The maximum atomic E-state index is 11.1. The molecule has 0 aliphatic heterocycles. The fourth-order valence-corrected chi connectivity index (χ4v) is 2.43. The van der Waals surface area contributed by atoms with Gasteiger partial charge in [0.25, 0.3) is 0 Å². The zero-order valence-corrected chi connectivity index (χ0v) is 13.1. The number of aromatic nitrogens is 3. The lowest BCUT2D eigenvalue weighted by atomic mass is 10.2. The molecule has 7 nitrogen and oxygen atoms in total. The quantitative estimate of drug-likeness (QED) is 0.713. The molecule has 2 aromatic heterocycles. The normalized spacial score (nSPS) is 10.7. The van der Waals surface area contributed by atoms with Crippen molar-refractivity contribution in [2.45, 2.75) is 6.92 Å². The van der Waals surface area contributed by atoms with Crippen LogP contribution >= 0.6 is 11.6 Å². The van der Waals surface area contributed by atoms with E-state index in [2.05, 4.69) is 15.4 Å². The molecule has 2 heterocycles. The molecule has 3 aromatic rings. The van der Waals surface area contributed by atoms with E-state index in [1.165, 1.54) is 10.6 Å². The first-order chi connectivity index (χ1) is 11.0. The van der Waals surface area contributed by atoms with Gasteiger partial charge in [-0.1, -0.05) is 23.7 Å². The van der Waals surface area contributed by atoms with E-state index in [9.17, 15) is 4.79 Å². The van der Waals surface area contributed by atoms with Gasteiger partial charge in [0.15, 0.2) is 11.3 Å². The summed E-state index contributed by atoms with van der Waals surface area (Å²) >= 11 is 6.02. The summed E-state index contributed by atoms with van der Waals surface area (Å²) in [5, 5.41) is 16.5. The number of nitrogens with zero attached hydrogens (tertiary/aromatic N) is 3. The van der Waals surface area contributed by atoms with Crippen LogP contribution in [0, 0.1) is 6.92 Å². The number of aryl methyl sites for hydroxylation is 1. The number of methoxy groups -OCH3 is 1. The van der Waals surface area contributed by atoms with Gasteiger partial charge in [-0.05, 0) is 18.6 Å². The topological polar surface area (TPSA) is 88.8 Å². The summed E-state index contributed by atoms with van der Waals surface area (Å²) in [5.74, 6) is 0.00263. The number of nitrogens with one attached hydrogen (secondary N) is 1. The highest BCUT2D eigenvalue weighted by Gasteiger charge is 2.15. The summed E-state index contributed by atoms with van der Waals surface area (Å²) < 4.78 is 6.74. The predicted octanol–water partition coefficient (Wildman–Crippen LogP) is 3.14. The smallest absolute Gasteiger partial charge is 0.356 e. The lowest BCUT2D eigenvalue weighted by Crippen LogP contribution is -2.05. The van der Waals surface area contributed by atoms with Crippen LogP contribution in [0.2, 0.25) is 5.15 Å². The third-order valence-corrected chi connectivity index (χ3v) is 3.52. The van der Waals surface area contributed by atoms with Gasteiger partial charge < -0.3 is 15.2 Å². The van der Waals surface area contributed by atoms with Crippen LogP contribution in [0.15, 0.2) is 30.3 Å². The molecule has 3 rings (SSSR count). The molecule has 0 atom stereocenters. The number of hydrogen-bond acceptors (Lipinski definition) is 5. The number of fused-ring (bicyclic) bond motifs is 1. The molecule has 2 N–H and O–H groups in total. The monoisotopic (exact) mass is 332 g/mol. The molecule has 0 aliphatic rings. The highest BCUT2D eigenvalue weighted by Crippen LogP contribution is 2.31. The fourth-order valence-electron chi connectivity index (χ4n) is 2.24. The number of para-hydroxylation sites is 1. The molecule has 0 aliphatic carbocycles. The Morgan fingerprint density at radius 2 is 2.17 bits per heavy atom. The number of halogens is 1. The number of aromatic carboxylic acids is 1. The zero-order chi connectivity index (χ0) is 16.6. The van der Waals surface area contributed by atoms with Gasteiger partial charge in [-0.3, -0.25) is 0 Å². The van der Waals surface area contributed by atoms with Gasteiger partial charge in [-0.25, -0.2) is 9.78 Å². The second kappa shape index (κ2) is 5.77. The van der Waals surface area contributed by atoms with Crippen LogP contribution in [0.3, 0.4) is 0 Å². The van der Waals surface area contributed by atoms with Crippen molar-refractivity contribution in [3.8, 4) is 5.75 Å². The lowest BCUT2D eigenvalue weighted by Gasteiger charge is -2.14. The SMILES string of the molecule is COc1cccc(C)c1Nc1cc(Cl)nc2cc(C(=O)O)nn12. The third-order valence-electron chi connectivity index (χ3n) is 3.32. The Morgan fingerprint density at radius 3 is 2.87 bits per heavy atom. The third kappa shape index (κ3) is 2.78. The number of ether oxygens (including phenoxy) is 1. The standard InChI is InChI=1S/C15H13ClN4O3/c1-8-4-3-5-10(23-2)14(8)18-13-7-11(16)17-12-6-9(15(21)22)19-20(12)13/h3-7,18H,1-2H3,(H,21,22). The van der Waals surface area contributed by atoms with Crippen LogP contribution < -0.4 is 10.1 Å². The molecular weight excluding hydrogens is 320 g/mol. The van der Waals surface area contributed by atoms with Crippen LogP contribution in [-0.2, 0) is 0 Å². The highest BCUT2D eigenvalue weighted by molar-refractivity contribution is 6.29. The fraction of sp³-hybridized carbons (Fsp3) is 0.133. The Labute approximate surface area is 136 Å². The van der Waals surface area contributed by atoms with Crippen molar-refractivity contribution in [2.75, 3.05) is 12.4 Å². The number of hydrogen-bond donors (Lipinski definition) is 2. The van der Waals surface area contributed by atoms with Gasteiger partial charge in [0.1, 0.15) is 16.7 Å². The van der Waals surface area contributed by atoms with Gasteiger partial charge in [0, 0.05) is 12.1 Å². The molecular formula is C15H13ClN4O3. The molecule has 0 amide bonds. The molecule has 0 fully saturated rings. The predicted molar refractivity (Wildman–Crippen MR) is 86.0 cm³/mol. The maximum absolute atomic E-state index is 11.1. The second-order valence-electron chi connectivity index (χ2n) is 4.85. The van der Waals surface area contributed by atoms with Gasteiger partial charge in [-0.15, -0.1) is 0 Å². The van der Waals surface area contributed by atoms with Crippen molar-refractivity contribution >= 4 is 34.7 Å². The van der Waals surface area contributed by atoms with Gasteiger partial charge in [0.05, 0.1) is 12.8 Å². The average molecular weight is 333 g/mol. The van der Waals surface area contributed by atoms with Crippen LogP contribution in [0.4, 0.5) is 11.5 Å². The number of anilines is 2. The number of carbonyl (C=O) groups is 1. The molecule has 0 radical (unpaired) electrons. The molecule has 0 bridgehead atoms. The summed E-state index contributed by atoms with van der Waals surface area (Å²) in [6, 6.07) is 8.55. The summed E-state index contributed by atoms with van der Waals surface area (Å²) in [5.41, 5.74) is 1.92. The van der Waals surface area contributed by atoms with E-state index in [1.54, 1.807) is 13.2 Å². The first-order valence-corrected chi connectivity index (χ1v) is 7.07. The minimum atomic E-state index is -1.13. The van der Waals surface area contributed by atoms with Crippen LogP contribution in [0.1, 0.15) is 16.1 Å². The Morgan fingerprint density at radius 1 is 1.39 bits per heavy atom. The zero-order valence-electron chi connectivity index (χ0n) is 12.4. The Kier molecular flexibility index (Phi) is 3.79. The number of rotatable bonds is 4. The van der Waals surface area contributed by atoms with Crippen LogP contribution in [0.5, 0.6) is 5.75 Å². The molecule has 0 unspecified atom stereocenters. The second-order valence-corrected chi connectivity index (χ2v) is 5.23. The summed E-state index contributed by atoms with van der Waals surface area (Å²) in [6.07, 6.45) is 0.